The van der Waals surface area contributed by atoms with E-state index in [-0.39, 0.29) is 5.41 Å². The second-order valence-electron chi connectivity index (χ2n) is 5.31. The highest BCUT2D eigenvalue weighted by atomic mass is 16.5. The van der Waals surface area contributed by atoms with E-state index in [0.29, 0.717) is 5.92 Å². The third-order valence-electron chi connectivity index (χ3n) is 4.06. The Bertz CT molecular complexity index is 317. The Hall–Kier alpha value is -1.05. The van der Waals surface area contributed by atoms with Crippen molar-refractivity contribution in [3.05, 3.63) is 24.0 Å². The summed E-state index contributed by atoms with van der Waals surface area (Å²) in [5.41, 5.74) is 1.25. The number of rotatable bonds is 6. The zero-order valence-corrected chi connectivity index (χ0v) is 11.3. The minimum Gasteiger partial charge on any atom is -0.502 e. The lowest BCUT2D eigenvalue weighted by Crippen LogP contribution is -2.33. The number of ether oxygens (including phenoxy) is 1. The van der Waals surface area contributed by atoms with Crippen molar-refractivity contribution in [3.63, 3.8) is 0 Å². The maximum Gasteiger partial charge on any atom is 0.126 e. The Morgan fingerprint density at radius 3 is 2.94 bits per heavy atom. The summed E-state index contributed by atoms with van der Waals surface area (Å²) in [5.74, 6) is 1.25. The average molecular weight is 236 g/mol. The predicted octanol–water partition coefficient (Wildman–Crippen LogP) is 3.88. The van der Waals surface area contributed by atoms with Crippen LogP contribution in [-0.2, 0) is 9.53 Å². The van der Waals surface area contributed by atoms with Gasteiger partial charge in [-0.05, 0) is 38.5 Å². The van der Waals surface area contributed by atoms with Gasteiger partial charge in [-0.1, -0.05) is 25.2 Å². The highest BCUT2D eigenvalue weighted by Crippen LogP contribution is 2.42. The number of aldehydes is 1. The summed E-state index contributed by atoms with van der Waals surface area (Å²) in [7, 11) is 1.65. The molecule has 1 rings (SSSR count). The van der Waals surface area contributed by atoms with Gasteiger partial charge in [-0.3, -0.25) is 0 Å². The molecule has 1 aliphatic carbocycles. The Labute approximate surface area is 105 Å². The molecular weight excluding hydrogens is 212 g/mol. The molecule has 0 aromatic carbocycles. The quantitative estimate of drug-likeness (QED) is 0.397. The molecule has 0 amide bonds. The van der Waals surface area contributed by atoms with Crippen molar-refractivity contribution in [2.24, 2.45) is 11.3 Å². The lowest BCUT2D eigenvalue weighted by atomic mass is 9.66. The first-order valence-corrected chi connectivity index (χ1v) is 6.38. The van der Waals surface area contributed by atoms with Crippen LogP contribution < -0.4 is 0 Å². The maximum atomic E-state index is 11.5. The number of hydrogen-bond acceptors (Lipinski definition) is 2. The molecular formula is C15H24O2. The summed E-state index contributed by atoms with van der Waals surface area (Å²) < 4.78 is 5.06. The van der Waals surface area contributed by atoms with E-state index in [0.717, 1.165) is 37.9 Å². The largest absolute Gasteiger partial charge is 0.502 e. The van der Waals surface area contributed by atoms with E-state index in [1.165, 1.54) is 11.9 Å². The Morgan fingerprint density at radius 1 is 1.71 bits per heavy atom. The van der Waals surface area contributed by atoms with Gasteiger partial charge >= 0.3 is 0 Å². The fraction of sp³-hybridized carbons (Fsp3) is 0.667. The highest BCUT2D eigenvalue weighted by molar-refractivity contribution is 5.61. The van der Waals surface area contributed by atoms with Gasteiger partial charge in [-0.25, -0.2) is 0 Å². The number of methoxy groups -OCH3 is 1. The fourth-order valence-electron chi connectivity index (χ4n) is 2.62. The Balaban J connectivity index is 2.58. The van der Waals surface area contributed by atoms with Crippen molar-refractivity contribution in [1.82, 2.24) is 0 Å². The summed E-state index contributed by atoms with van der Waals surface area (Å²) in [5, 5.41) is 0. The van der Waals surface area contributed by atoms with Crippen LogP contribution in [0.4, 0.5) is 0 Å². The molecule has 96 valence electrons. The molecule has 0 saturated carbocycles. The molecule has 0 bridgehead atoms. The second kappa shape index (κ2) is 6.04. The minimum absolute atomic E-state index is 0.159. The molecule has 0 fully saturated rings. The van der Waals surface area contributed by atoms with E-state index >= 15 is 0 Å². The fourth-order valence-corrected chi connectivity index (χ4v) is 2.62. The second-order valence-corrected chi connectivity index (χ2v) is 5.31. The van der Waals surface area contributed by atoms with E-state index in [4.69, 9.17) is 4.74 Å². The Kier molecular flexibility index (Phi) is 4.98. The first-order chi connectivity index (χ1) is 8.04. The van der Waals surface area contributed by atoms with Crippen molar-refractivity contribution in [1.29, 1.82) is 0 Å². The van der Waals surface area contributed by atoms with Gasteiger partial charge in [0.15, 0.2) is 0 Å². The van der Waals surface area contributed by atoms with E-state index in [1.807, 2.05) is 0 Å². The lowest BCUT2D eigenvalue weighted by Gasteiger charge is -2.37. The number of allylic oxidation sites excluding steroid dienone is 3. The molecule has 0 spiro atoms. The first kappa shape index (κ1) is 14.0. The first-order valence-electron chi connectivity index (χ1n) is 6.38. The average Bonchev–Trinajstić information content (AvgIpc) is 2.32. The van der Waals surface area contributed by atoms with Gasteiger partial charge in [0.2, 0.25) is 0 Å². The van der Waals surface area contributed by atoms with Gasteiger partial charge < -0.3 is 9.53 Å². The molecule has 0 aliphatic heterocycles. The molecule has 2 atom stereocenters. The van der Waals surface area contributed by atoms with Gasteiger partial charge in [-0.15, -0.1) is 0 Å². The Morgan fingerprint density at radius 2 is 2.41 bits per heavy atom. The van der Waals surface area contributed by atoms with Gasteiger partial charge in [0.1, 0.15) is 6.29 Å². The van der Waals surface area contributed by atoms with Crippen molar-refractivity contribution in [3.8, 4) is 0 Å². The summed E-state index contributed by atoms with van der Waals surface area (Å²) in [6.07, 6.45) is 8.09. The van der Waals surface area contributed by atoms with E-state index < -0.39 is 0 Å². The molecule has 2 heteroatoms. The highest BCUT2D eigenvalue weighted by Gasteiger charge is 2.36. The third-order valence-corrected chi connectivity index (χ3v) is 4.06. The van der Waals surface area contributed by atoms with Gasteiger partial charge in [0.05, 0.1) is 12.9 Å². The monoisotopic (exact) mass is 236 g/mol. The summed E-state index contributed by atoms with van der Waals surface area (Å²) in [4.78, 5) is 11.5. The summed E-state index contributed by atoms with van der Waals surface area (Å²) in [6.45, 7) is 8.15. The molecule has 0 radical (unpaired) electrons. The number of hydrogen-bond donors (Lipinski definition) is 0. The lowest BCUT2D eigenvalue weighted by molar-refractivity contribution is -0.119. The summed E-state index contributed by atoms with van der Waals surface area (Å²) >= 11 is 0. The van der Waals surface area contributed by atoms with Crippen LogP contribution in [-0.4, -0.2) is 13.4 Å². The van der Waals surface area contributed by atoms with E-state index in [2.05, 4.69) is 26.5 Å². The van der Waals surface area contributed by atoms with Crippen molar-refractivity contribution < 1.29 is 9.53 Å². The van der Waals surface area contributed by atoms with Crippen LogP contribution in [0.1, 0.15) is 46.0 Å². The molecule has 0 aromatic heterocycles. The standard InChI is InChI=1S/C15H24O2/c1-12-7-9-15(11-16,13(2)10-12)8-5-6-14(3)17-4/h7,11,13H,3,5-6,8-10H2,1-2,4H3. The molecule has 0 N–H and O–H groups in total. The van der Waals surface area contributed by atoms with Crippen LogP contribution in [0.15, 0.2) is 24.0 Å². The number of carbonyl (C=O) groups is 1. The number of carbonyl (C=O) groups excluding carboxylic acids is 1. The van der Waals surface area contributed by atoms with Crippen LogP contribution in [0.25, 0.3) is 0 Å². The van der Waals surface area contributed by atoms with Crippen LogP contribution in [0.5, 0.6) is 0 Å². The molecule has 1 aliphatic rings. The molecule has 0 heterocycles. The zero-order valence-electron chi connectivity index (χ0n) is 11.3. The maximum absolute atomic E-state index is 11.5. The normalized spacial score (nSPS) is 28.4. The molecule has 0 saturated heterocycles. The summed E-state index contributed by atoms with van der Waals surface area (Å²) in [6, 6.07) is 0. The third kappa shape index (κ3) is 3.45. The molecule has 0 aromatic rings. The van der Waals surface area contributed by atoms with Crippen molar-refractivity contribution >= 4 is 6.29 Å². The SMILES string of the molecule is C=C(CCCC1(C=O)CC=C(C)CC1C)OC. The van der Waals surface area contributed by atoms with Crippen LogP contribution in [0.2, 0.25) is 0 Å². The van der Waals surface area contributed by atoms with Crippen LogP contribution >= 0.6 is 0 Å². The molecule has 17 heavy (non-hydrogen) atoms. The zero-order chi connectivity index (χ0) is 12.9. The van der Waals surface area contributed by atoms with Gasteiger partial charge in [0, 0.05) is 11.8 Å². The van der Waals surface area contributed by atoms with Gasteiger partial charge in [0.25, 0.3) is 0 Å². The van der Waals surface area contributed by atoms with Gasteiger partial charge in [-0.2, -0.15) is 0 Å². The van der Waals surface area contributed by atoms with E-state index in [9.17, 15) is 4.79 Å². The topological polar surface area (TPSA) is 26.3 Å². The van der Waals surface area contributed by atoms with Crippen LogP contribution in [0, 0.1) is 11.3 Å². The van der Waals surface area contributed by atoms with Crippen molar-refractivity contribution in [2.45, 2.75) is 46.0 Å². The smallest absolute Gasteiger partial charge is 0.126 e. The van der Waals surface area contributed by atoms with Crippen LogP contribution in [0.3, 0.4) is 0 Å². The minimum atomic E-state index is -0.159. The predicted molar refractivity (Wildman–Crippen MR) is 70.7 cm³/mol. The molecule has 2 nitrogen and oxygen atoms in total. The molecule has 2 unspecified atom stereocenters. The van der Waals surface area contributed by atoms with E-state index in [1.54, 1.807) is 7.11 Å². The van der Waals surface area contributed by atoms with Crippen molar-refractivity contribution in [2.75, 3.05) is 7.11 Å².